The van der Waals surface area contributed by atoms with Crippen molar-refractivity contribution >= 4 is 5.97 Å². The number of aromatic nitrogens is 2. The number of hydrogen-bond donors (Lipinski definition) is 0. The summed E-state index contributed by atoms with van der Waals surface area (Å²) in [5, 5.41) is 0. The van der Waals surface area contributed by atoms with Crippen LogP contribution in [0.15, 0.2) is 54.7 Å². The highest BCUT2D eigenvalue weighted by molar-refractivity contribution is 5.97. The van der Waals surface area contributed by atoms with Crippen LogP contribution in [0.5, 0.6) is 0 Å². The van der Waals surface area contributed by atoms with Crippen molar-refractivity contribution in [2.45, 2.75) is 13.8 Å². The Labute approximate surface area is 135 Å². The monoisotopic (exact) mass is 306 g/mol. The summed E-state index contributed by atoms with van der Waals surface area (Å²) in [5.74, 6) is 0.347. The molecule has 0 aliphatic heterocycles. The van der Waals surface area contributed by atoms with Gasteiger partial charge >= 0.3 is 5.97 Å². The minimum atomic E-state index is -0.366. The average molecular weight is 306 g/mol. The number of methoxy groups -OCH3 is 1. The fourth-order valence-corrected chi connectivity index (χ4v) is 2.72. The van der Waals surface area contributed by atoms with Crippen LogP contribution in [0.3, 0.4) is 0 Å². The van der Waals surface area contributed by atoms with Gasteiger partial charge in [0.15, 0.2) is 0 Å². The molecule has 0 aliphatic carbocycles. The number of benzene rings is 1. The van der Waals surface area contributed by atoms with Crippen molar-refractivity contribution in [3.05, 3.63) is 71.7 Å². The number of pyridine rings is 1. The fraction of sp³-hybridized carbons (Fsp3) is 0.158. The zero-order valence-corrected chi connectivity index (χ0v) is 13.4. The predicted molar refractivity (Wildman–Crippen MR) is 89.8 cm³/mol. The maximum atomic E-state index is 12.2. The van der Waals surface area contributed by atoms with Crippen molar-refractivity contribution in [3.8, 4) is 16.9 Å². The molecular formula is C19H18N2O2. The van der Waals surface area contributed by atoms with Crippen molar-refractivity contribution in [2.24, 2.45) is 0 Å². The van der Waals surface area contributed by atoms with Crippen molar-refractivity contribution in [1.29, 1.82) is 0 Å². The van der Waals surface area contributed by atoms with Crippen LogP contribution in [-0.2, 0) is 4.74 Å². The highest BCUT2D eigenvalue weighted by Gasteiger charge is 2.16. The van der Waals surface area contributed by atoms with Crippen molar-refractivity contribution in [2.75, 3.05) is 7.11 Å². The summed E-state index contributed by atoms with van der Waals surface area (Å²) in [6.45, 7) is 4.02. The van der Waals surface area contributed by atoms with E-state index in [1.54, 1.807) is 12.3 Å². The van der Waals surface area contributed by atoms with E-state index in [4.69, 9.17) is 4.74 Å². The molecule has 0 N–H and O–H groups in total. The fourth-order valence-electron chi connectivity index (χ4n) is 2.72. The Bertz CT molecular complexity index is 832. The Balaban J connectivity index is 2.19. The van der Waals surface area contributed by atoms with E-state index in [0.717, 1.165) is 22.5 Å². The van der Waals surface area contributed by atoms with E-state index >= 15 is 0 Å². The Morgan fingerprint density at radius 3 is 2.30 bits per heavy atom. The smallest absolute Gasteiger partial charge is 0.338 e. The molecule has 116 valence electrons. The van der Waals surface area contributed by atoms with E-state index in [-0.39, 0.29) is 5.97 Å². The molecule has 0 aliphatic rings. The molecule has 0 unspecified atom stereocenters. The summed E-state index contributed by atoms with van der Waals surface area (Å²) < 4.78 is 6.97. The largest absolute Gasteiger partial charge is 0.465 e. The lowest BCUT2D eigenvalue weighted by atomic mass is 10.0. The third-order valence-electron chi connectivity index (χ3n) is 3.88. The number of ether oxygens (including phenoxy) is 1. The van der Waals surface area contributed by atoms with Gasteiger partial charge in [-0.15, -0.1) is 0 Å². The standard InChI is InChI=1S/C19H18N2O2/c1-13-9-10-14(2)21(13)18-11-16(19(22)23-3)17(12-20-18)15-7-5-4-6-8-15/h4-12H,1-3H3. The molecule has 3 aromatic rings. The summed E-state index contributed by atoms with van der Waals surface area (Å²) in [5.41, 5.74) is 4.35. The number of aryl methyl sites for hydroxylation is 2. The zero-order chi connectivity index (χ0) is 16.4. The first-order chi connectivity index (χ1) is 11.1. The average Bonchev–Trinajstić information content (AvgIpc) is 2.93. The van der Waals surface area contributed by atoms with E-state index in [9.17, 15) is 4.79 Å². The number of esters is 1. The summed E-state index contributed by atoms with van der Waals surface area (Å²) in [7, 11) is 1.39. The molecule has 4 nitrogen and oxygen atoms in total. The molecule has 0 atom stereocenters. The van der Waals surface area contributed by atoms with Gasteiger partial charge in [0.2, 0.25) is 0 Å². The van der Waals surface area contributed by atoms with E-state index in [0.29, 0.717) is 11.4 Å². The first-order valence-corrected chi connectivity index (χ1v) is 7.41. The minimum Gasteiger partial charge on any atom is -0.465 e. The summed E-state index contributed by atoms with van der Waals surface area (Å²) >= 11 is 0. The third kappa shape index (κ3) is 2.75. The molecule has 0 bridgehead atoms. The SMILES string of the molecule is COC(=O)c1cc(-n2c(C)ccc2C)ncc1-c1ccccc1. The molecule has 23 heavy (non-hydrogen) atoms. The van der Waals surface area contributed by atoms with Gasteiger partial charge in [-0.1, -0.05) is 30.3 Å². The minimum absolute atomic E-state index is 0.366. The lowest BCUT2D eigenvalue weighted by Gasteiger charge is -2.13. The second-order valence-electron chi connectivity index (χ2n) is 5.40. The van der Waals surface area contributed by atoms with Crippen molar-refractivity contribution < 1.29 is 9.53 Å². The van der Waals surface area contributed by atoms with Crippen LogP contribution in [0.1, 0.15) is 21.7 Å². The number of carbonyl (C=O) groups is 1. The van der Waals surface area contributed by atoms with Crippen LogP contribution in [0, 0.1) is 13.8 Å². The zero-order valence-electron chi connectivity index (χ0n) is 13.4. The van der Waals surface area contributed by atoms with E-state index in [1.807, 2.05) is 60.9 Å². The highest BCUT2D eigenvalue weighted by atomic mass is 16.5. The molecule has 3 rings (SSSR count). The van der Waals surface area contributed by atoms with Gasteiger partial charge in [0.1, 0.15) is 5.82 Å². The van der Waals surface area contributed by atoms with Crippen molar-refractivity contribution in [1.82, 2.24) is 9.55 Å². The van der Waals surface area contributed by atoms with Crippen LogP contribution >= 0.6 is 0 Å². The van der Waals surface area contributed by atoms with E-state index < -0.39 is 0 Å². The number of hydrogen-bond acceptors (Lipinski definition) is 3. The molecule has 0 spiro atoms. The van der Waals surface area contributed by atoms with Gasteiger partial charge in [0.25, 0.3) is 0 Å². The Hall–Kier alpha value is -2.88. The van der Waals surface area contributed by atoms with Crippen LogP contribution < -0.4 is 0 Å². The van der Waals surface area contributed by atoms with E-state index in [2.05, 4.69) is 4.98 Å². The second kappa shape index (κ2) is 6.08. The topological polar surface area (TPSA) is 44.1 Å². The maximum absolute atomic E-state index is 12.2. The van der Waals surface area contributed by atoms with Gasteiger partial charge in [0, 0.05) is 23.1 Å². The number of rotatable bonds is 3. The lowest BCUT2D eigenvalue weighted by Crippen LogP contribution is -2.08. The van der Waals surface area contributed by atoms with Gasteiger partial charge < -0.3 is 9.30 Å². The van der Waals surface area contributed by atoms with Gasteiger partial charge in [-0.2, -0.15) is 0 Å². The van der Waals surface area contributed by atoms with Gasteiger partial charge in [-0.05, 0) is 37.6 Å². The van der Waals surface area contributed by atoms with Gasteiger partial charge in [-0.3, -0.25) is 0 Å². The number of carbonyl (C=O) groups excluding carboxylic acids is 1. The Morgan fingerprint density at radius 1 is 1.04 bits per heavy atom. The molecule has 2 aromatic heterocycles. The summed E-state index contributed by atoms with van der Waals surface area (Å²) in [6.07, 6.45) is 1.73. The predicted octanol–water partition coefficient (Wildman–Crippen LogP) is 3.94. The first-order valence-electron chi connectivity index (χ1n) is 7.41. The lowest BCUT2D eigenvalue weighted by molar-refractivity contribution is 0.0601. The maximum Gasteiger partial charge on any atom is 0.338 e. The van der Waals surface area contributed by atoms with Crippen molar-refractivity contribution in [3.63, 3.8) is 0 Å². The van der Waals surface area contributed by atoms with Crippen LogP contribution in [0.2, 0.25) is 0 Å². The van der Waals surface area contributed by atoms with Crippen LogP contribution in [0.4, 0.5) is 0 Å². The third-order valence-corrected chi connectivity index (χ3v) is 3.88. The van der Waals surface area contributed by atoms with Gasteiger partial charge in [-0.25, -0.2) is 9.78 Å². The van der Waals surface area contributed by atoms with Crippen LogP contribution in [-0.4, -0.2) is 22.6 Å². The molecule has 0 amide bonds. The molecule has 0 fully saturated rings. The summed E-state index contributed by atoms with van der Waals surface area (Å²) in [6, 6.07) is 15.6. The second-order valence-corrected chi connectivity index (χ2v) is 5.40. The quantitative estimate of drug-likeness (QED) is 0.688. The summed E-state index contributed by atoms with van der Waals surface area (Å²) in [4.78, 5) is 16.8. The molecule has 2 heterocycles. The molecule has 4 heteroatoms. The molecular weight excluding hydrogens is 288 g/mol. The van der Waals surface area contributed by atoms with E-state index in [1.165, 1.54) is 7.11 Å². The molecule has 0 radical (unpaired) electrons. The van der Waals surface area contributed by atoms with Crippen LogP contribution in [0.25, 0.3) is 16.9 Å². The molecule has 0 saturated carbocycles. The highest BCUT2D eigenvalue weighted by Crippen LogP contribution is 2.26. The van der Waals surface area contributed by atoms with Gasteiger partial charge in [0.05, 0.1) is 12.7 Å². The first kappa shape index (κ1) is 15.0. The molecule has 1 aromatic carbocycles. The molecule has 0 saturated heterocycles. The normalized spacial score (nSPS) is 10.6. The number of nitrogens with zero attached hydrogens (tertiary/aromatic N) is 2. The Kier molecular flexibility index (Phi) is 3.98. The Morgan fingerprint density at radius 2 is 1.70 bits per heavy atom.